The number of aliphatic hydroxyl groups excluding tert-OH is 1. The first-order valence-corrected chi connectivity index (χ1v) is 5.38. The summed E-state index contributed by atoms with van der Waals surface area (Å²) >= 11 is 1.32. The van der Waals surface area contributed by atoms with E-state index in [4.69, 9.17) is 5.11 Å². The van der Waals surface area contributed by atoms with Crippen LogP contribution in [0.2, 0.25) is 0 Å². The molecule has 0 fully saturated rings. The summed E-state index contributed by atoms with van der Waals surface area (Å²) in [4.78, 5) is 16.2. The molecule has 5 heteroatoms. The number of hydrogen-bond acceptors (Lipinski definition) is 4. The average molecular weight is 214 g/mol. The van der Waals surface area contributed by atoms with E-state index in [0.717, 1.165) is 12.1 Å². The number of aliphatic hydroxyl groups is 1. The second kappa shape index (κ2) is 5.07. The molecule has 14 heavy (non-hydrogen) atoms. The molecule has 0 saturated heterocycles. The van der Waals surface area contributed by atoms with Gasteiger partial charge in [-0.25, -0.2) is 4.98 Å². The van der Waals surface area contributed by atoms with E-state index in [1.54, 1.807) is 12.4 Å². The van der Waals surface area contributed by atoms with Crippen LogP contribution in [0.15, 0.2) is 5.51 Å². The van der Waals surface area contributed by atoms with Crippen LogP contribution >= 0.6 is 11.3 Å². The van der Waals surface area contributed by atoms with Crippen LogP contribution in [0, 0.1) is 6.92 Å². The molecule has 0 spiro atoms. The lowest BCUT2D eigenvalue weighted by molar-refractivity contribution is 0.0918. The van der Waals surface area contributed by atoms with E-state index in [1.807, 2.05) is 6.92 Å². The third-order valence-electron chi connectivity index (χ3n) is 2.00. The van der Waals surface area contributed by atoms with E-state index in [1.165, 1.54) is 11.3 Å². The van der Waals surface area contributed by atoms with Crippen molar-refractivity contribution in [1.82, 2.24) is 10.3 Å². The number of rotatable bonds is 4. The molecular formula is C9H14N2O2S. The second-order valence-electron chi connectivity index (χ2n) is 3.03. The summed E-state index contributed by atoms with van der Waals surface area (Å²) in [6.07, 6.45) is 0.722. The molecule has 4 nitrogen and oxygen atoms in total. The van der Waals surface area contributed by atoms with Gasteiger partial charge < -0.3 is 10.4 Å². The van der Waals surface area contributed by atoms with Crippen LogP contribution in [0.1, 0.15) is 28.7 Å². The molecule has 78 valence electrons. The summed E-state index contributed by atoms with van der Waals surface area (Å²) in [6.45, 7) is 3.69. The molecule has 0 aromatic carbocycles. The summed E-state index contributed by atoms with van der Waals surface area (Å²) in [5.41, 5.74) is 2.38. The highest BCUT2D eigenvalue weighted by Crippen LogP contribution is 2.11. The molecule has 1 heterocycles. The largest absolute Gasteiger partial charge is 0.394 e. The average Bonchev–Trinajstić information content (AvgIpc) is 2.60. The SMILES string of the molecule is CC[C@@H](CO)NC(=O)c1scnc1C. The Kier molecular flexibility index (Phi) is 4.03. The number of thiazole rings is 1. The number of carbonyl (C=O) groups excluding carboxylic acids is 1. The third kappa shape index (κ3) is 2.52. The Morgan fingerprint density at radius 3 is 2.93 bits per heavy atom. The van der Waals surface area contributed by atoms with E-state index in [2.05, 4.69) is 10.3 Å². The van der Waals surface area contributed by atoms with E-state index in [0.29, 0.717) is 4.88 Å². The summed E-state index contributed by atoms with van der Waals surface area (Å²) in [7, 11) is 0. The molecule has 0 bridgehead atoms. The molecule has 1 amide bonds. The Morgan fingerprint density at radius 1 is 1.79 bits per heavy atom. The fourth-order valence-corrected chi connectivity index (χ4v) is 1.75. The van der Waals surface area contributed by atoms with E-state index >= 15 is 0 Å². The predicted molar refractivity (Wildman–Crippen MR) is 55.5 cm³/mol. The van der Waals surface area contributed by atoms with Crippen LogP contribution < -0.4 is 5.32 Å². The Labute approximate surface area is 87.0 Å². The van der Waals surface area contributed by atoms with Gasteiger partial charge in [-0.2, -0.15) is 0 Å². The highest BCUT2D eigenvalue weighted by molar-refractivity contribution is 7.11. The molecule has 0 radical (unpaired) electrons. The standard InChI is InChI=1S/C9H14N2O2S/c1-3-7(4-12)11-9(13)8-6(2)10-5-14-8/h5,7,12H,3-4H2,1-2H3,(H,11,13)/t7-/m0/s1. The van der Waals surface area contributed by atoms with Crippen molar-refractivity contribution in [2.75, 3.05) is 6.61 Å². The van der Waals surface area contributed by atoms with Crippen LogP contribution in [0.25, 0.3) is 0 Å². The highest BCUT2D eigenvalue weighted by atomic mass is 32.1. The van der Waals surface area contributed by atoms with Crippen molar-refractivity contribution in [3.63, 3.8) is 0 Å². The zero-order valence-corrected chi connectivity index (χ0v) is 9.10. The number of carbonyl (C=O) groups is 1. The third-order valence-corrected chi connectivity index (χ3v) is 2.93. The van der Waals surface area contributed by atoms with Crippen molar-refractivity contribution in [1.29, 1.82) is 0 Å². The van der Waals surface area contributed by atoms with Crippen molar-refractivity contribution in [2.24, 2.45) is 0 Å². The predicted octanol–water partition coefficient (Wildman–Crippen LogP) is 0.952. The Morgan fingerprint density at radius 2 is 2.50 bits per heavy atom. The van der Waals surface area contributed by atoms with E-state index in [9.17, 15) is 4.79 Å². The number of aryl methyl sites for hydroxylation is 1. The summed E-state index contributed by atoms with van der Waals surface area (Å²) in [5, 5.41) is 11.7. The molecular weight excluding hydrogens is 200 g/mol. The molecule has 1 aromatic rings. The minimum absolute atomic E-state index is 0.0277. The normalized spacial score (nSPS) is 12.5. The van der Waals surface area contributed by atoms with Gasteiger partial charge in [0.2, 0.25) is 0 Å². The number of aromatic nitrogens is 1. The smallest absolute Gasteiger partial charge is 0.263 e. The first kappa shape index (κ1) is 11.1. The first-order chi connectivity index (χ1) is 6.69. The molecule has 2 N–H and O–H groups in total. The zero-order chi connectivity index (χ0) is 10.6. The summed E-state index contributed by atoms with van der Waals surface area (Å²) in [6, 6.07) is -0.163. The Balaban J connectivity index is 2.63. The second-order valence-corrected chi connectivity index (χ2v) is 3.88. The van der Waals surface area contributed by atoms with Crippen molar-refractivity contribution >= 4 is 17.2 Å². The maximum absolute atomic E-state index is 11.6. The molecule has 0 aliphatic rings. The van der Waals surface area contributed by atoms with E-state index in [-0.39, 0.29) is 18.6 Å². The molecule has 0 saturated carbocycles. The van der Waals surface area contributed by atoms with Crippen LogP contribution in [-0.2, 0) is 0 Å². The summed E-state index contributed by atoms with van der Waals surface area (Å²) < 4.78 is 0. The van der Waals surface area contributed by atoms with Crippen molar-refractivity contribution < 1.29 is 9.90 Å². The Hall–Kier alpha value is -0.940. The van der Waals surface area contributed by atoms with Gasteiger partial charge in [-0.15, -0.1) is 11.3 Å². The van der Waals surface area contributed by atoms with Gasteiger partial charge >= 0.3 is 0 Å². The molecule has 0 aliphatic carbocycles. The highest BCUT2D eigenvalue weighted by Gasteiger charge is 2.14. The molecule has 1 atom stereocenters. The molecule has 1 rings (SSSR count). The fraction of sp³-hybridized carbons (Fsp3) is 0.556. The van der Waals surface area contributed by atoms with Gasteiger partial charge in [-0.1, -0.05) is 6.92 Å². The quantitative estimate of drug-likeness (QED) is 0.784. The minimum Gasteiger partial charge on any atom is -0.394 e. The zero-order valence-electron chi connectivity index (χ0n) is 8.28. The van der Waals surface area contributed by atoms with Crippen molar-refractivity contribution in [3.8, 4) is 0 Å². The van der Waals surface area contributed by atoms with Gasteiger partial charge in [-0.3, -0.25) is 4.79 Å². The number of nitrogens with zero attached hydrogens (tertiary/aromatic N) is 1. The van der Waals surface area contributed by atoms with Crippen LogP contribution in [0.4, 0.5) is 0 Å². The van der Waals surface area contributed by atoms with Crippen LogP contribution in [-0.4, -0.2) is 28.6 Å². The maximum Gasteiger partial charge on any atom is 0.263 e. The molecule has 0 aliphatic heterocycles. The van der Waals surface area contributed by atoms with Crippen molar-refractivity contribution in [2.45, 2.75) is 26.3 Å². The lowest BCUT2D eigenvalue weighted by atomic mass is 10.2. The van der Waals surface area contributed by atoms with Crippen LogP contribution in [0.3, 0.4) is 0 Å². The number of hydrogen-bond donors (Lipinski definition) is 2. The van der Waals surface area contributed by atoms with E-state index < -0.39 is 0 Å². The van der Waals surface area contributed by atoms with Crippen molar-refractivity contribution in [3.05, 3.63) is 16.1 Å². The fourth-order valence-electron chi connectivity index (χ4n) is 1.05. The van der Waals surface area contributed by atoms with Gasteiger partial charge in [0.05, 0.1) is 23.9 Å². The lowest BCUT2D eigenvalue weighted by Crippen LogP contribution is -2.36. The number of amides is 1. The van der Waals surface area contributed by atoms with Crippen LogP contribution in [0.5, 0.6) is 0 Å². The number of nitrogens with one attached hydrogen (secondary N) is 1. The van der Waals surface area contributed by atoms with Gasteiger partial charge in [0.25, 0.3) is 5.91 Å². The summed E-state index contributed by atoms with van der Waals surface area (Å²) in [5.74, 6) is -0.147. The first-order valence-electron chi connectivity index (χ1n) is 4.50. The Bertz CT molecular complexity index is 308. The molecule has 1 aromatic heterocycles. The lowest BCUT2D eigenvalue weighted by Gasteiger charge is -2.12. The van der Waals surface area contributed by atoms with Gasteiger partial charge in [-0.05, 0) is 13.3 Å². The topological polar surface area (TPSA) is 62.2 Å². The van der Waals surface area contributed by atoms with Gasteiger partial charge in [0.15, 0.2) is 0 Å². The monoisotopic (exact) mass is 214 g/mol. The van der Waals surface area contributed by atoms with Gasteiger partial charge in [0, 0.05) is 0 Å². The minimum atomic E-state index is -0.163. The molecule has 0 unspecified atom stereocenters. The maximum atomic E-state index is 11.6. The van der Waals surface area contributed by atoms with Gasteiger partial charge in [0.1, 0.15) is 4.88 Å².